The molecule has 1 aromatic carbocycles. The number of aromatic nitrogens is 2. The summed E-state index contributed by atoms with van der Waals surface area (Å²) in [5, 5.41) is 5.46. The van der Waals surface area contributed by atoms with Crippen molar-refractivity contribution in [2.45, 2.75) is 57.9 Å². The maximum absolute atomic E-state index is 13.2. The Morgan fingerprint density at radius 3 is 2.59 bits per heavy atom. The monoisotopic (exact) mass is 458 g/mol. The molecule has 0 saturated carbocycles. The standard InChI is InChI=1S/C25H35ClN4O2/c1-4-5-6-9-21-17-29(18-22(31)10-7-8-15-28(2)3)25(32)24-16-23(27-30(21)24)19-11-13-20(26)14-12-19/h11-14,16,21H,4-10,15,17-18H2,1-3H3. The Kier molecular flexibility index (Phi) is 8.88. The van der Waals surface area contributed by atoms with Crippen LogP contribution >= 0.6 is 11.6 Å². The molecule has 1 aliphatic heterocycles. The van der Waals surface area contributed by atoms with Gasteiger partial charge in [0.15, 0.2) is 5.78 Å². The fourth-order valence-electron chi connectivity index (χ4n) is 4.19. The van der Waals surface area contributed by atoms with Crippen molar-refractivity contribution in [3.63, 3.8) is 0 Å². The van der Waals surface area contributed by atoms with Gasteiger partial charge in [-0.15, -0.1) is 0 Å². The van der Waals surface area contributed by atoms with Gasteiger partial charge in [0.2, 0.25) is 0 Å². The number of fused-ring (bicyclic) bond motifs is 1. The van der Waals surface area contributed by atoms with Crippen molar-refractivity contribution in [2.75, 3.05) is 33.7 Å². The lowest BCUT2D eigenvalue weighted by Gasteiger charge is -2.33. The number of ketones is 1. The molecule has 2 aromatic rings. The third-order valence-electron chi connectivity index (χ3n) is 5.98. The van der Waals surface area contributed by atoms with Crippen LogP contribution in [0, 0.1) is 0 Å². The topological polar surface area (TPSA) is 58.4 Å². The third-order valence-corrected chi connectivity index (χ3v) is 6.23. The molecule has 7 heteroatoms. The highest BCUT2D eigenvalue weighted by Gasteiger charge is 2.33. The van der Waals surface area contributed by atoms with Crippen LogP contribution in [0.25, 0.3) is 11.3 Å². The summed E-state index contributed by atoms with van der Waals surface area (Å²) in [5.41, 5.74) is 2.27. The van der Waals surface area contributed by atoms with E-state index in [4.69, 9.17) is 16.7 Å². The highest BCUT2D eigenvalue weighted by atomic mass is 35.5. The molecule has 1 unspecified atom stereocenters. The maximum Gasteiger partial charge on any atom is 0.272 e. The number of nitrogens with zero attached hydrogens (tertiary/aromatic N) is 4. The Morgan fingerprint density at radius 2 is 1.91 bits per heavy atom. The van der Waals surface area contributed by atoms with E-state index in [0.717, 1.165) is 56.3 Å². The van der Waals surface area contributed by atoms with E-state index in [2.05, 4.69) is 11.8 Å². The molecule has 2 heterocycles. The number of amides is 1. The van der Waals surface area contributed by atoms with Crippen LogP contribution in [-0.4, -0.2) is 65.0 Å². The van der Waals surface area contributed by atoms with E-state index in [9.17, 15) is 9.59 Å². The number of hydrogen-bond acceptors (Lipinski definition) is 4. The lowest BCUT2D eigenvalue weighted by Crippen LogP contribution is -2.45. The zero-order valence-electron chi connectivity index (χ0n) is 19.5. The summed E-state index contributed by atoms with van der Waals surface area (Å²) in [6.45, 7) is 3.89. The normalized spacial score (nSPS) is 16.0. The number of Topliss-reactive ketones (excluding diaryl/α,β-unsaturated/α-hetero) is 1. The molecule has 174 valence electrons. The number of unbranched alkanes of at least 4 members (excludes halogenated alkanes) is 3. The average Bonchev–Trinajstić information content (AvgIpc) is 3.21. The predicted molar refractivity (Wildman–Crippen MR) is 129 cm³/mol. The summed E-state index contributed by atoms with van der Waals surface area (Å²) in [4.78, 5) is 29.7. The highest BCUT2D eigenvalue weighted by Crippen LogP contribution is 2.30. The number of rotatable bonds is 12. The van der Waals surface area contributed by atoms with Gasteiger partial charge < -0.3 is 9.80 Å². The molecule has 32 heavy (non-hydrogen) atoms. The van der Waals surface area contributed by atoms with Gasteiger partial charge in [-0.05, 0) is 58.1 Å². The van der Waals surface area contributed by atoms with E-state index in [1.165, 1.54) is 0 Å². The minimum absolute atomic E-state index is 0.0943. The number of benzene rings is 1. The van der Waals surface area contributed by atoms with E-state index in [1.807, 2.05) is 49.1 Å². The minimum Gasteiger partial charge on any atom is -0.328 e. The lowest BCUT2D eigenvalue weighted by atomic mass is 10.0. The first kappa shape index (κ1) is 24.5. The van der Waals surface area contributed by atoms with Crippen molar-refractivity contribution in [1.29, 1.82) is 0 Å². The Balaban J connectivity index is 1.74. The van der Waals surface area contributed by atoms with Gasteiger partial charge in [0.1, 0.15) is 5.69 Å². The molecule has 6 nitrogen and oxygen atoms in total. The van der Waals surface area contributed by atoms with Gasteiger partial charge >= 0.3 is 0 Å². The van der Waals surface area contributed by atoms with Crippen LogP contribution in [0.1, 0.15) is 68.4 Å². The van der Waals surface area contributed by atoms with Crippen molar-refractivity contribution in [3.8, 4) is 11.3 Å². The van der Waals surface area contributed by atoms with Crippen LogP contribution in [0.3, 0.4) is 0 Å². The quantitative estimate of drug-likeness (QED) is 0.416. The van der Waals surface area contributed by atoms with E-state index < -0.39 is 0 Å². The Labute approximate surface area is 196 Å². The molecule has 3 rings (SSSR count). The summed E-state index contributed by atoms with van der Waals surface area (Å²) in [7, 11) is 4.07. The molecule has 1 aliphatic rings. The van der Waals surface area contributed by atoms with Crippen LogP contribution in [0.5, 0.6) is 0 Å². The van der Waals surface area contributed by atoms with Crippen molar-refractivity contribution in [1.82, 2.24) is 19.6 Å². The van der Waals surface area contributed by atoms with Gasteiger partial charge in [0, 0.05) is 23.6 Å². The molecule has 1 aromatic heterocycles. The molecule has 1 atom stereocenters. The number of hydrogen-bond donors (Lipinski definition) is 0. The fourth-order valence-corrected chi connectivity index (χ4v) is 4.32. The third kappa shape index (κ3) is 6.42. The van der Waals surface area contributed by atoms with Gasteiger partial charge in [-0.1, -0.05) is 49.9 Å². The van der Waals surface area contributed by atoms with Crippen LogP contribution in [0.15, 0.2) is 30.3 Å². The number of halogens is 1. The molecular weight excluding hydrogens is 424 g/mol. The Bertz CT molecular complexity index is 907. The van der Waals surface area contributed by atoms with Gasteiger partial charge in [-0.3, -0.25) is 14.3 Å². The number of carbonyl (C=O) groups is 2. The highest BCUT2D eigenvalue weighted by molar-refractivity contribution is 6.30. The molecule has 0 fully saturated rings. The summed E-state index contributed by atoms with van der Waals surface area (Å²) < 4.78 is 1.89. The van der Waals surface area contributed by atoms with E-state index in [-0.39, 0.29) is 24.3 Å². The molecule has 0 spiro atoms. The molecule has 0 aliphatic carbocycles. The summed E-state index contributed by atoms with van der Waals surface area (Å²) >= 11 is 6.03. The second-order valence-electron chi connectivity index (χ2n) is 9.00. The smallest absolute Gasteiger partial charge is 0.272 e. The lowest BCUT2D eigenvalue weighted by molar-refractivity contribution is -0.120. The number of carbonyl (C=O) groups excluding carboxylic acids is 2. The summed E-state index contributed by atoms with van der Waals surface area (Å²) in [6.07, 6.45) is 6.69. The molecule has 0 saturated heterocycles. The fraction of sp³-hybridized carbons (Fsp3) is 0.560. The summed E-state index contributed by atoms with van der Waals surface area (Å²) in [5.74, 6) is 0.0291. The molecular formula is C25H35ClN4O2. The van der Waals surface area contributed by atoms with Crippen LogP contribution in [-0.2, 0) is 4.79 Å². The maximum atomic E-state index is 13.2. The second kappa shape index (κ2) is 11.6. The first-order chi connectivity index (χ1) is 15.4. The zero-order chi connectivity index (χ0) is 23.1. The van der Waals surface area contributed by atoms with E-state index >= 15 is 0 Å². The minimum atomic E-state index is -0.105. The van der Waals surface area contributed by atoms with Crippen LogP contribution < -0.4 is 0 Å². The van der Waals surface area contributed by atoms with Gasteiger partial charge in [-0.2, -0.15) is 5.10 Å². The first-order valence-corrected chi connectivity index (χ1v) is 12.1. The van der Waals surface area contributed by atoms with Gasteiger partial charge in [0.25, 0.3) is 5.91 Å². The van der Waals surface area contributed by atoms with E-state index in [0.29, 0.717) is 23.7 Å². The molecule has 0 bridgehead atoms. The predicted octanol–water partition coefficient (Wildman–Crippen LogP) is 5.08. The Hall–Kier alpha value is -2.18. The largest absolute Gasteiger partial charge is 0.328 e. The van der Waals surface area contributed by atoms with Crippen molar-refractivity contribution in [3.05, 3.63) is 41.0 Å². The Morgan fingerprint density at radius 1 is 1.16 bits per heavy atom. The van der Waals surface area contributed by atoms with Gasteiger partial charge in [0.05, 0.1) is 18.3 Å². The van der Waals surface area contributed by atoms with E-state index in [1.54, 1.807) is 4.90 Å². The van der Waals surface area contributed by atoms with Crippen LogP contribution in [0.4, 0.5) is 0 Å². The van der Waals surface area contributed by atoms with Crippen molar-refractivity contribution >= 4 is 23.3 Å². The molecule has 1 amide bonds. The SMILES string of the molecule is CCCCCC1CN(CC(=O)CCCCN(C)C)C(=O)c2cc(-c3ccc(Cl)cc3)nn21. The second-order valence-corrected chi connectivity index (χ2v) is 9.44. The van der Waals surface area contributed by atoms with Crippen molar-refractivity contribution < 1.29 is 9.59 Å². The van der Waals surface area contributed by atoms with Crippen molar-refractivity contribution in [2.24, 2.45) is 0 Å². The zero-order valence-corrected chi connectivity index (χ0v) is 20.3. The average molecular weight is 459 g/mol. The van der Waals surface area contributed by atoms with Gasteiger partial charge in [-0.25, -0.2) is 0 Å². The summed E-state index contributed by atoms with van der Waals surface area (Å²) in [6, 6.07) is 9.45. The first-order valence-electron chi connectivity index (χ1n) is 11.7. The molecule has 0 radical (unpaired) electrons. The van der Waals surface area contributed by atoms with Crippen LogP contribution in [0.2, 0.25) is 5.02 Å². The molecule has 0 N–H and O–H groups in total.